The summed E-state index contributed by atoms with van der Waals surface area (Å²) in [6.45, 7) is 7.80. The Morgan fingerprint density at radius 3 is 1.57 bits per heavy atom. The Kier molecular flexibility index (Phi) is 21.5. The van der Waals surface area contributed by atoms with Crippen LogP contribution in [0.3, 0.4) is 0 Å². The van der Waals surface area contributed by atoms with Crippen LogP contribution >= 0.6 is 81.1 Å². The van der Waals surface area contributed by atoms with Gasteiger partial charge in [0.05, 0.1) is 14.2 Å². The molecule has 0 radical (unpaired) electrons. The van der Waals surface area contributed by atoms with E-state index in [-0.39, 0.29) is 60.4 Å². The number of nitrogens with one attached hydrogen (secondary N) is 1. The topological polar surface area (TPSA) is 152 Å². The molecule has 0 saturated carbocycles. The predicted octanol–water partition coefficient (Wildman–Crippen LogP) is 2.42. The third-order valence-electron chi connectivity index (χ3n) is 5.37. The molecule has 1 amide bonds. The van der Waals surface area contributed by atoms with Gasteiger partial charge < -0.3 is 32.9 Å². The number of esters is 2. The van der Waals surface area contributed by atoms with E-state index in [0.717, 1.165) is 35.9 Å². The predicted molar refractivity (Wildman–Crippen MR) is 155 cm³/mol. The molecule has 228 valence electrons. The summed E-state index contributed by atoms with van der Waals surface area (Å²) in [7, 11) is 2.67. The van der Waals surface area contributed by atoms with Gasteiger partial charge in [0.1, 0.15) is 25.8 Å². The third-order valence-corrected chi connectivity index (χ3v) is 9.26. The number of carbonyl (C=O) groups is 4. The van der Waals surface area contributed by atoms with E-state index in [9.17, 15) is 19.2 Å². The van der Waals surface area contributed by atoms with Crippen LogP contribution in [0, 0.1) is 11.8 Å². The summed E-state index contributed by atoms with van der Waals surface area (Å²) in [6, 6.07) is -0.936. The van der Waals surface area contributed by atoms with Crippen molar-refractivity contribution < 1.29 is 46.8 Å². The molecule has 0 spiro atoms. The number of hydrogen-bond donors (Lipinski definition) is 2. The average Bonchev–Trinajstić information content (AvgIpc) is 3.45. The second kappa shape index (κ2) is 20.8. The summed E-state index contributed by atoms with van der Waals surface area (Å²) in [5.41, 5.74) is 3.70. The lowest BCUT2D eigenvalue weighted by molar-refractivity contribution is -0.419. The molecular weight excluding hydrogens is 693 g/mol. The number of quaternary nitrogens is 1. The van der Waals surface area contributed by atoms with E-state index in [1.807, 2.05) is 27.7 Å². The fourth-order valence-electron chi connectivity index (χ4n) is 2.45. The minimum atomic E-state index is -0.723. The molecule has 4 atom stereocenters. The van der Waals surface area contributed by atoms with Crippen molar-refractivity contribution in [2.24, 2.45) is 11.8 Å². The van der Waals surface area contributed by atoms with E-state index in [1.54, 1.807) is 0 Å². The summed E-state index contributed by atoms with van der Waals surface area (Å²) in [4.78, 5) is 45.4. The maximum Gasteiger partial charge on any atom is 0.364 e. The van der Waals surface area contributed by atoms with Gasteiger partial charge in [0.15, 0.2) is 16.3 Å². The summed E-state index contributed by atoms with van der Waals surface area (Å²) in [6.07, 6.45) is 1.68. The summed E-state index contributed by atoms with van der Waals surface area (Å²) >= 11 is 29.4. The van der Waals surface area contributed by atoms with Crippen LogP contribution in [-0.2, 0) is 19.1 Å². The second-order valence-electron chi connectivity index (χ2n) is 7.88. The van der Waals surface area contributed by atoms with Gasteiger partial charge in [-0.2, -0.15) is 8.75 Å². The average molecular weight is 723 g/mol. The van der Waals surface area contributed by atoms with Crippen molar-refractivity contribution >= 4 is 104 Å². The standard InChI is InChI=1S/C11H14Cl2N2O3S.C7H15NO2.C4Cl3NOS.ClH/c1-4-5(2)7(11(17)18-3)14-10(16)8-6(12)9(13)15-19-8;1-4-5(2)6(8)7(9)10-3;5-1-2(4(7)9)10-8-3(1)6;/h5,7H,4H2,1-3H3,(H,14,16);5-6H,4,8H2,1-3H3;;1H. The number of ether oxygens (including phenoxy) is 2. The van der Waals surface area contributed by atoms with E-state index in [2.05, 4.69) is 29.3 Å². The summed E-state index contributed by atoms with van der Waals surface area (Å²) in [5, 5.41) is 2.40. The van der Waals surface area contributed by atoms with Gasteiger partial charge in [0.2, 0.25) is 0 Å². The quantitative estimate of drug-likeness (QED) is 0.296. The first-order valence-corrected chi connectivity index (χ1v) is 14.7. The number of halogens is 6. The van der Waals surface area contributed by atoms with Crippen molar-refractivity contribution in [2.75, 3.05) is 14.2 Å². The molecule has 2 aromatic heterocycles. The van der Waals surface area contributed by atoms with Crippen molar-refractivity contribution in [1.29, 1.82) is 0 Å². The lowest BCUT2D eigenvalue weighted by Crippen LogP contribution is -3.00. The van der Waals surface area contributed by atoms with Crippen LogP contribution in [0.25, 0.3) is 0 Å². The first kappa shape index (κ1) is 41.2. The molecule has 0 aromatic carbocycles. The van der Waals surface area contributed by atoms with Gasteiger partial charge in [-0.05, 0) is 47.0 Å². The van der Waals surface area contributed by atoms with Crippen LogP contribution in [0.1, 0.15) is 59.9 Å². The number of nitrogens with zero attached hydrogens (tertiary/aromatic N) is 2. The number of aromatic nitrogens is 2. The molecule has 0 aliphatic carbocycles. The van der Waals surface area contributed by atoms with E-state index < -0.39 is 23.2 Å². The normalized spacial score (nSPS) is 13.0. The maximum absolute atomic E-state index is 12.0. The highest BCUT2D eigenvalue weighted by molar-refractivity contribution is 7.11. The Morgan fingerprint density at radius 2 is 1.27 bits per heavy atom. The first-order valence-electron chi connectivity index (χ1n) is 11.3. The van der Waals surface area contributed by atoms with Gasteiger partial charge in [-0.25, -0.2) is 9.59 Å². The Labute approximate surface area is 272 Å². The Morgan fingerprint density at radius 1 is 0.850 bits per heavy atom. The Bertz CT molecular complexity index is 1120. The van der Waals surface area contributed by atoms with E-state index in [1.165, 1.54) is 14.2 Å². The highest BCUT2D eigenvalue weighted by Crippen LogP contribution is 2.30. The fourth-order valence-corrected chi connectivity index (χ4v) is 4.86. The molecule has 0 aliphatic heterocycles. The zero-order valence-electron chi connectivity index (χ0n) is 22.4. The molecule has 0 bridgehead atoms. The van der Waals surface area contributed by atoms with Crippen LogP contribution in [-0.4, -0.2) is 58.1 Å². The van der Waals surface area contributed by atoms with Crippen LogP contribution in [0.5, 0.6) is 0 Å². The molecule has 10 nitrogen and oxygen atoms in total. The molecule has 18 heteroatoms. The van der Waals surface area contributed by atoms with Gasteiger partial charge >= 0.3 is 11.9 Å². The molecule has 4 unspecified atom stereocenters. The molecule has 0 saturated heterocycles. The maximum atomic E-state index is 12.0. The van der Waals surface area contributed by atoms with Gasteiger partial charge in [-0.3, -0.25) is 9.59 Å². The Balaban J connectivity index is 0. The van der Waals surface area contributed by atoms with Gasteiger partial charge in [-0.1, -0.05) is 80.5 Å². The smallest absolute Gasteiger partial charge is 0.364 e. The van der Waals surface area contributed by atoms with Gasteiger partial charge in [0, 0.05) is 5.92 Å². The monoisotopic (exact) mass is 720 g/mol. The number of amides is 1. The lowest BCUT2D eigenvalue weighted by Gasteiger charge is -2.21. The second-order valence-corrected chi connectivity index (χ2v) is 11.2. The molecular formula is C22H30Cl6N4O6S2. The third kappa shape index (κ3) is 12.9. The highest BCUT2D eigenvalue weighted by Gasteiger charge is 2.29. The van der Waals surface area contributed by atoms with Crippen molar-refractivity contribution in [3.8, 4) is 0 Å². The minimum Gasteiger partial charge on any atom is -1.00 e. The molecule has 2 rings (SSSR count). The zero-order valence-corrected chi connectivity index (χ0v) is 28.5. The van der Waals surface area contributed by atoms with Gasteiger partial charge in [-0.15, -0.1) is 0 Å². The SMILES string of the molecule is CCC(C)C(NC(=O)c1snc(Cl)c1Cl)C(=O)OC.CCC(C)C([NH3+])C(=O)OC.O=C(Cl)c1snc(Cl)c1Cl.[Cl-]. The zero-order chi connectivity index (χ0) is 30.4. The molecule has 2 heterocycles. The van der Waals surface area contributed by atoms with Crippen molar-refractivity contribution in [2.45, 2.75) is 52.6 Å². The molecule has 4 N–H and O–H groups in total. The van der Waals surface area contributed by atoms with Crippen LogP contribution < -0.4 is 23.5 Å². The molecule has 0 aliphatic rings. The van der Waals surface area contributed by atoms with E-state index in [0.29, 0.717) is 5.92 Å². The van der Waals surface area contributed by atoms with Crippen molar-refractivity contribution in [3.05, 3.63) is 30.1 Å². The Hall–Kier alpha value is -0.960. The number of carbonyl (C=O) groups excluding carboxylic acids is 4. The largest absolute Gasteiger partial charge is 1.00 e. The molecule has 40 heavy (non-hydrogen) atoms. The van der Waals surface area contributed by atoms with E-state index >= 15 is 0 Å². The first-order chi connectivity index (χ1) is 18.2. The summed E-state index contributed by atoms with van der Waals surface area (Å²) < 4.78 is 16.6. The number of methoxy groups -OCH3 is 2. The molecule has 2 aromatic rings. The van der Waals surface area contributed by atoms with Crippen molar-refractivity contribution in [3.63, 3.8) is 0 Å². The minimum absolute atomic E-state index is 0. The fraction of sp³-hybridized carbons (Fsp3) is 0.545. The van der Waals surface area contributed by atoms with Crippen LogP contribution in [0.4, 0.5) is 0 Å². The summed E-state index contributed by atoms with van der Waals surface area (Å²) in [5.74, 6) is -0.931. The highest BCUT2D eigenvalue weighted by atomic mass is 35.5. The van der Waals surface area contributed by atoms with Crippen LogP contribution in [0.2, 0.25) is 20.4 Å². The van der Waals surface area contributed by atoms with Crippen LogP contribution in [0.15, 0.2) is 0 Å². The molecule has 0 fully saturated rings. The number of rotatable bonds is 9. The van der Waals surface area contributed by atoms with Gasteiger partial charge in [0.25, 0.3) is 11.1 Å². The van der Waals surface area contributed by atoms with E-state index in [4.69, 9.17) is 58.0 Å². The number of hydrogen-bond acceptors (Lipinski definition) is 10. The van der Waals surface area contributed by atoms with Crippen molar-refractivity contribution in [1.82, 2.24) is 14.1 Å². The lowest BCUT2D eigenvalue weighted by atomic mass is 9.99.